The summed E-state index contributed by atoms with van der Waals surface area (Å²) >= 11 is 17.6. The summed E-state index contributed by atoms with van der Waals surface area (Å²) in [5, 5.41) is 0. The highest BCUT2D eigenvalue weighted by atomic mass is 79.9. The third-order valence-corrected chi connectivity index (χ3v) is 6.41. The fourth-order valence-electron chi connectivity index (χ4n) is 1.37. The van der Waals surface area contributed by atoms with E-state index in [1.54, 1.807) is 0 Å². The molecule has 17 heavy (non-hydrogen) atoms. The average molecular weight is 463 g/mol. The molecule has 1 aromatic carbocycles. The molecule has 0 amide bonds. The first-order valence-electron chi connectivity index (χ1n) is 4.52. The standard InChI is InChI=1S/C11H5Br3ClFS/c12-6-1-5(2-7(16)3-6)10(14)9-4-8(13)11(15)17-9/h1-4,10H. The van der Waals surface area contributed by atoms with Crippen LogP contribution < -0.4 is 0 Å². The first-order valence-corrected chi connectivity index (χ1v) is 8.22. The molecule has 0 radical (unpaired) electrons. The highest BCUT2D eigenvalue weighted by Crippen LogP contribution is 2.41. The quantitative estimate of drug-likeness (QED) is 0.443. The lowest BCUT2D eigenvalue weighted by Crippen LogP contribution is -1.91. The van der Waals surface area contributed by atoms with Gasteiger partial charge in [-0.05, 0) is 45.8 Å². The second-order valence-corrected chi connectivity index (χ2v) is 7.71. The number of hydrogen-bond acceptors (Lipinski definition) is 1. The van der Waals surface area contributed by atoms with E-state index in [2.05, 4.69) is 47.8 Å². The van der Waals surface area contributed by atoms with E-state index in [-0.39, 0.29) is 10.6 Å². The van der Waals surface area contributed by atoms with Gasteiger partial charge in [0.15, 0.2) is 0 Å². The summed E-state index contributed by atoms with van der Waals surface area (Å²) < 4.78 is 15.6. The van der Waals surface area contributed by atoms with Gasteiger partial charge in [0.05, 0.1) is 4.83 Å². The Kier molecular flexibility index (Phi) is 4.69. The average Bonchev–Trinajstić information content (AvgIpc) is 2.57. The Labute approximate surface area is 133 Å². The first kappa shape index (κ1) is 14.0. The maximum atomic E-state index is 13.3. The molecule has 2 aromatic rings. The van der Waals surface area contributed by atoms with Crippen molar-refractivity contribution in [2.24, 2.45) is 0 Å². The van der Waals surface area contributed by atoms with Gasteiger partial charge in [-0.2, -0.15) is 0 Å². The van der Waals surface area contributed by atoms with Gasteiger partial charge in [-0.15, -0.1) is 11.3 Å². The third kappa shape index (κ3) is 3.32. The molecule has 6 heteroatoms. The molecular weight excluding hydrogens is 458 g/mol. The summed E-state index contributed by atoms with van der Waals surface area (Å²) in [6.45, 7) is 0. The first-order chi connectivity index (χ1) is 7.97. The Balaban J connectivity index is 2.39. The normalized spacial score (nSPS) is 12.8. The van der Waals surface area contributed by atoms with Crippen LogP contribution in [0.5, 0.6) is 0 Å². The fourth-order valence-corrected chi connectivity index (χ4v) is 4.28. The molecule has 0 saturated carbocycles. The molecule has 2 rings (SSSR count). The summed E-state index contributed by atoms with van der Waals surface area (Å²) in [5.74, 6) is -0.263. The van der Waals surface area contributed by atoms with Crippen LogP contribution >= 0.6 is 70.7 Å². The van der Waals surface area contributed by atoms with E-state index < -0.39 is 0 Å². The molecule has 0 aliphatic heterocycles. The minimum Gasteiger partial charge on any atom is -0.207 e. The Morgan fingerprint density at radius 1 is 1.18 bits per heavy atom. The largest absolute Gasteiger partial charge is 0.207 e. The van der Waals surface area contributed by atoms with Crippen molar-refractivity contribution in [3.63, 3.8) is 0 Å². The molecule has 0 spiro atoms. The van der Waals surface area contributed by atoms with Gasteiger partial charge in [-0.1, -0.05) is 43.5 Å². The summed E-state index contributed by atoms with van der Waals surface area (Å²) in [6.07, 6.45) is 0. The van der Waals surface area contributed by atoms with Crippen LogP contribution in [-0.2, 0) is 0 Å². The van der Waals surface area contributed by atoms with Crippen LogP contribution in [0.1, 0.15) is 15.3 Å². The van der Waals surface area contributed by atoms with Crippen LogP contribution in [-0.4, -0.2) is 0 Å². The van der Waals surface area contributed by atoms with Crippen molar-refractivity contribution in [1.82, 2.24) is 0 Å². The highest BCUT2D eigenvalue weighted by molar-refractivity contribution is 9.11. The molecule has 0 saturated heterocycles. The van der Waals surface area contributed by atoms with E-state index in [4.69, 9.17) is 11.6 Å². The van der Waals surface area contributed by atoms with Crippen molar-refractivity contribution in [3.8, 4) is 0 Å². The second-order valence-electron chi connectivity index (χ2n) is 3.34. The third-order valence-electron chi connectivity index (χ3n) is 2.09. The molecule has 1 unspecified atom stereocenters. The molecule has 0 fully saturated rings. The topological polar surface area (TPSA) is 0 Å². The monoisotopic (exact) mass is 460 g/mol. The number of halogens is 5. The smallest absolute Gasteiger partial charge is 0.124 e. The van der Waals surface area contributed by atoms with Gasteiger partial charge in [0.1, 0.15) is 10.2 Å². The van der Waals surface area contributed by atoms with Gasteiger partial charge in [0.2, 0.25) is 0 Å². The SMILES string of the molecule is Fc1cc(Br)cc(C(Br)c2cc(Br)c(Cl)s2)c1. The Hall–Kier alpha value is 0.580. The van der Waals surface area contributed by atoms with E-state index in [9.17, 15) is 4.39 Å². The van der Waals surface area contributed by atoms with Crippen molar-refractivity contribution in [2.45, 2.75) is 4.83 Å². The van der Waals surface area contributed by atoms with Gasteiger partial charge in [-0.3, -0.25) is 0 Å². The van der Waals surface area contributed by atoms with Crippen LogP contribution in [0.2, 0.25) is 4.34 Å². The highest BCUT2D eigenvalue weighted by Gasteiger charge is 2.16. The maximum absolute atomic E-state index is 13.3. The predicted molar refractivity (Wildman–Crippen MR) is 81.9 cm³/mol. The molecule has 0 nitrogen and oxygen atoms in total. The summed E-state index contributed by atoms with van der Waals surface area (Å²) in [7, 11) is 0. The molecule has 1 heterocycles. The van der Waals surface area contributed by atoms with E-state index in [1.165, 1.54) is 23.5 Å². The minimum absolute atomic E-state index is 0.0664. The van der Waals surface area contributed by atoms with Gasteiger partial charge in [-0.25, -0.2) is 4.39 Å². The van der Waals surface area contributed by atoms with E-state index in [0.717, 1.165) is 19.4 Å². The fraction of sp³-hybridized carbons (Fsp3) is 0.0909. The van der Waals surface area contributed by atoms with Crippen molar-refractivity contribution in [3.05, 3.63) is 53.8 Å². The predicted octanol–water partition coefficient (Wildman–Crippen LogP) is 6.55. The summed E-state index contributed by atoms with van der Waals surface area (Å²) in [4.78, 5) is 0.961. The lowest BCUT2D eigenvalue weighted by molar-refractivity contribution is 0.625. The number of alkyl halides is 1. The molecule has 0 bridgehead atoms. The van der Waals surface area contributed by atoms with Crippen molar-refractivity contribution in [2.75, 3.05) is 0 Å². The van der Waals surface area contributed by atoms with Crippen LogP contribution in [0, 0.1) is 5.82 Å². The van der Waals surface area contributed by atoms with Gasteiger partial charge >= 0.3 is 0 Å². The molecule has 1 aromatic heterocycles. The van der Waals surface area contributed by atoms with Crippen LogP contribution in [0.4, 0.5) is 4.39 Å². The second kappa shape index (κ2) is 5.70. The number of thiophene rings is 1. The number of rotatable bonds is 2. The zero-order valence-corrected chi connectivity index (χ0v) is 14.5. The minimum atomic E-state index is -0.263. The molecule has 0 aliphatic rings. The molecule has 1 atom stereocenters. The lowest BCUT2D eigenvalue weighted by atomic mass is 10.1. The number of hydrogen-bond donors (Lipinski definition) is 0. The van der Waals surface area contributed by atoms with Gasteiger partial charge in [0, 0.05) is 13.8 Å². The van der Waals surface area contributed by atoms with Crippen LogP contribution in [0.25, 0.3) is 0 Å². The van der Waals surface area contributed by atoms with Gasteiger partial charge in [0.25, 0.3) is 0 Å². The zero-order chi connectivity index (χ0) is 12.6. The van der Waals surface area contributed by atoms with Crippen molar-refractivity contribution >= 4 is 70.7 Å². The summed E-state index contributed by atoms with van der Waals surface area (Å²) in [5.41, 5.74) is 0.849. The number of benzene rings is 1. The van der Waals surface area contributed by atoms with Gasteiger partial charge < -0.3 is 0 Å². The molecule has 0 N–H and O–H groups in total. The Morgan fingerprint density at radius 3 is 2.41 bits per heavy atom. The molecule has 90 valence electrons. The van der Waals surface area contributed by atoms with E-state index >= 15 is 0 Å². The zero-order valence-electron chi connectivity index (χ0n) is 8.18. The Bertz CT molecular complexity index is 516. The van der Waals surface area contributed by atoms with Crippen LogP contribution in [0.3, 0.4) is 0 Å². The molecule has 0 aliphatic carbocycles. The van der Waals surface area contributed by atoms with Crippen molar-refractivity contribution < 1.29 is 4.39 Å². The van der Waals surface area contributed by atoms with Crippen molar-refractivity contribution in [1.29, 1.82) is 0 Å². The Morgan fingerprint density at radius 2 is 1.88 bits per heavy atom. The summed E-state index contributed by atoms with van der Waals surface area (Å²) in [6, 6.07) is 6.75. The van der Waals surface area contributed by atoms with E-state index in [0.29, 0.717) is 4.34 Å². The van der Waals surface area contributed by atoms with Crippen LogP contribution in [0.15, 0.2) is 33.2 Å². The molecular formula is C11H5Br3ClFS. The van der Waals surface area contributed by atoms with E-state index in [1.807, 2.05) is 12.1 Å². The lowest BCUT2D eigenvalue weighted by Gasteiger charge is -2.08. The maximum Gasteiger partial charge on any atom is 0.124 e.